The highest BCUT2D eigenvalue weighted by Crippen LogP contribution is 2.16. The predicted molar refractivity (Wildman–Crippen MR) is 74.5 cm³/mol. The second kappa shape index (κ2) is 6.57. The van der Waals surface area contributed by atoms with Crippen molar-refractivity contribution in [2.24, 2.45) is 0 Å². The van der Waals surface area contributed by atoms with E-state index in [9.17, 15) is 9.59 Å². The third kappa shape index (κ3) is 5.78. The van der Waals surface area contributed by atoms with Crippen LogP contribution in [0.2, 0.25) is 0 Å². The zero-order valence-electron chi connectivity index (χ0n) is 11.9. The number of aliphatic carboxylic acids is 1. The lowest BCUT2D eigenvalue weighted by atomic mass is 10.1. The lowest BCUT2D eigenvalue weighted by Gasteiger charge is -2.18. The van der Waals surface area contributed by atoms with E-state index in [0.717, 1.165) is 0 Å². The second-order valence-electron chi connectivity index (χ2n) is 5.11. The highest BCUT2D eigenvalue weighted by atomic mass is 16.7. The largest absolute Gasteiger partial charge is 0.514 e. The van der Waals surface area contributed by atoms with Crippen molar-refractivity contribution >= 4 is 18.2 Å². The molecule has 0 aromatic heterocycles. The smallest absolute Gasteiger partial charge is 0.477 e. The lowest BCUT2D eigenvalue weighted by molar-refractivity contribution is -0.132. The molecule has 0 bridgehead atoms. The highest BCUT2D eigenvalue weighted by Gasteiger charge is 2.17. The summed E-state index contributed by atoms with van der Waals surface area (Å²) in [6.45, 7) is 5.16. The Morgan fingerprint density at radius 2 is 1.81 bits per heavy atom. The monoisotopic (exact) mass is 289 g/mol. The fourth-order valence-corrected chi connectivity index (χ4v) is 1.31. The summed E-state index contributed by atoms with van der Waals surface area (Å²) in [7, 11) is 0. The molecule has 21 heavy (non-hydrogen) atoms. The van der Waals surface area contributed by atoms with Crippen molar-refractivity contribution in [3.8, 4) is 11.8 Å². The van der Waals surface area contributed by atoms with Crippen LogP contribution >= 0.6 is 0 Å². The molecular formula is C15H15NO5. The van der Waals surface area contributed by atoms with E-state index in [1.165, 1.54) is 30.3 Å². The van der Waals surface area contributed by atoms with Gasteiger partial charge in [0.05, 0.1) is 0 Å². The molecule has 0 saturated carbocycles. The summed E-state index contributed by atoms with van der Waals surface area (Å²) in [4.78, 5) is 22.2. The SMILES string of the molecule is CC(C)(C)OC(=O)Oc1ccc(C=C(C#N)C(=O)O)cc1. The van der Waals surface area contributed by atoms with Gasteiger partial charge in [-0.2, -0.15) is 5.26 Å². The van der Waals surface area contributed by atoms with Gasteiger partial charge in [-0.1, -0.05) is 12.1 Å². The molecule has 0 aliphatic carbocycles. The number of ether oxygens (including phenoxy) is 2. The number of carboxylic acid groups (broad SMARTS) is 1. The van der Waals surface area contributed by atoms with Crippen molar-refractivity contribution < 1.29 is 24.2 Å². The van der Waals surface area contributed by atoms with Gasteiger partial charge in [0, 0.05) is 0 Å². The zero-order chi connectivity index (χ0) is 16.0. The Balaban J connectivity index is 2.78. The van der Waals surface area contributed by atoms with E-state index in [2.05, 4.69) is 0 Å². The maximum absolute atomic E-state index is 11.4. The van der Waals surface area contributed by atoms with Crippen LogP contribution in [0.3, 0.4) is 0 Å². The van der Waals surface area contributed by atoms with Gasteiger partial charge in [-0.05, 0) is 44.5 Å². The quantitative estimate of drug-likeness (QED) is 0.397. The molecule has 6 heteroatoms. The molecule has 1 rings (SSSR count). The van der Waals surface area contributed by atoms with E-state index in [-0.39, 0.29) is 11.3 Å². The molecule has 6 nitrogen and oxygen atoms in total. The molecule has 0 atom stereocenters. The number of carboxylic acids is 1. The Bertz CT molecular complexity index is 602. The van der Waals surface area contributed by atoms with Crippen LogP contribution in [-0.4, -0.2) is 22.8 Å². The summed E-state index contributed by atoms with van der Waals surface area (Å²) in [5, 5.41) is 17.4. The molecule has 0 aliphatic heterocycles. The Morgan fingerprint density at radius 3 is 2.24 bits per heavy atom. The summed E-state index contributed by atoms with van der Waals surface area (Å²) in [6.07, 6.45) is 0.397. The summed E-state index contributed by atoms with van der Waals surface area (Å²) in [5.74, 6) is -1.04. The third-order valence-corrected chi connectivity index (χ3v) is 2.13. The molecule has 110 valence electrons. The Hall–Kier alpha value is -2.81. The number of nitrogens with zero attached hydrogens (tertiary/aromatic N) is 1. The van der Waals surface area contributed by atoms with Crippen molar-refractivity contribution in [2.45, 2.75) is 26.4 Å². The van der Waals surface area contributed by atoms with Gasteiger partial charge in [0.2, 0.25) is 0 Å². The van der Waals surface area contributed by atoms with Gasteiger partial charge < -0.3 is 14.6 Å². The van der Waals surface area contributed by atoms with E-state index in [4.69, 9.17) is 19.8 Å². The lowest BCUT2D eigenvalue weighted by Crippen LogP contribution is -2.25. The first-order valence-electron chi connectivity index (χ1n) is 6.07. The third-order valence-electron chi connectivity index (χ3n) is 2.13. The average Bonchev–Trinajstić information content (AvgIpc) is 2.35. The van der Waals surface area contributed by atoms with Crippen molar-refractivity contribution in [3.05, 3.63) is 35.4 Å². The van der Waals surface area contributed by atoms with Crippen LogP contribution in [0.15, 0.2) is 29.8 Å². The first kappa shape index (κ1) is 16.2. The molecule has 0 saturated heterocycles. The minimum absolute atomic E-state index is 0.259. The van der Waals surface area contributed by atoms with Gasteiger partial charge in [0.25, 0.3) is 0 Å². The number of hydrogen-bond acceptors (Lipinski definition) is 5. The molecule has 0 aliphatic rings. The van der Waals surface area contributed by atoms with Crippen LogP contribution in [0, 0.1) is 11.3 Å². The molecule has 0 heterocycles. The van der Waals surface area contributed by atoms with Crippen LogP contribution in [0.4, 0.5) is 4.79 Å². The normalized spacial score (nSPS) is 11.4. The van der Waals surface area contributed by atoms with E-state index in [0.29, 0.717) is 5.56 Å². The van der Waals surface area contributed by atoms with Crippen LogP contribution in [0.1, 0.15) is 26.3 Å². The number of hydrogen-bond donors (Lipinski definition) is 1. The summed E-state index contributed by atoms with van der Waals surface area (Å²) < 4.78 is 9.95. The van der Waals surface area contributed by atoms with E-state index in [1.54, 1.807) is 26.8 Å². The van der Waals surface area contributed by atoms with Gasteiger partial charge in [0.15, 0.2) is 0 Å². The minimum Gasteiger partial charge on any atom is -0.477 e. The standard InChI is InChI=1S/C15H15NO5/c1-15(2,3)21-14(19)20-12-6-4-10(5-7-12)8-11(9-16)13(17)18/h4-8H,1-3H3,(H,17,18). The topological polar surface area (TPSA) is 96.6 Å². The molecule has 0 fully saturated rings. The van der Waals surface area contributed by atoms with Gasteiger partial charge in [-0.3, -0.25) is 0 Å². The van der Waals surface area contributed by atoms with E-state index < -0.39 is 17.7 Å². The number of carbonyl (C=O) groups excluding carboxylic acids is 1. The van der Waals surface area contributed by atoms with Crippen LogP contribution in [-0.2, 0) is 9.53 Å². The average molecular weight is 289 g/mol. The number of benzene rings is 1. The van der Waals surface area contributed by atoms with Crippen LogP contribution < -0.4 is 4.74 Å². The molecule has 0 radical (unpaired) electrons. The van der Waals surface area contributed by atoms with Crippen molar-refractivity contribution in [3.63, 3.8) is 0 Å². The maximum Gasteiger partial charge on any atom is 0.514 e. The first-order chi connectivity index (χ1) is 9.71. The molecule has 1 aromatic rings. The van der Waals surface area contributed by atoms with Crippen LogP contribution in [0.25, 0.3) is 6.08 Å². The van der Waals surface area contributed by atoms with Gasteiger partial charge >= 0.3 is 12.1 Å². The number of nitriles is 1. The maximum atomic E-state index is 11.4. The van der Waals surface area contributed by atoms with Gasteiger partial charge in [-0.25, -0.2) is 9.59 Å². The fourth-order valence-electron chi connectivity index (χ4n) is 1.31. The zero-order valence-corrected chi connectivity index (χ0v) is 11.9. The van der Waals surface area contributed by atoms with Crippen molar-refractivity contribution in [2.75, 3.05) is 0 Å². The van der Waals surface area contributed by atoms with Crippen molar-refractivity contribution in [1.29, 1.82) is 5.26 Å². The molecule has 1 aromatic carbocycles. The van der Waals surface area contributed by atoms with Crippen LogP contribution in [0.5, 0.6) is 5.75 Å². The highest BCUT2D eigenvalue weighted by molar-refractivity contribution is 5.96. The molecule has 1 N–H and O–H groups in total. The Kier molecular flexibility index (Phi) is 5.08. The van der Waals surface area contributed by atoms with Gasteiger partial charge in [0.1, 0.15) is 23.0 Å². The second-order valence-corrected chi connectivity index (χ2v) is 5.11. The fraction of sp³-hybridized carbons (Fsp3) is 0.267. The molecule has 0 spiro atoms. The Morgan fingerprint density at radius 1 is 1.24 bits per heavy atom. The molecule has 0 unspecified atom stereocenters. The van der Waals surface area contributed by atoms with E-state index in [1.807, 2.05) is 0 Å². The summed E-state index contributed by atoms with van der Waals surface area (Å²) in [5.41, 5.74) is -0.524. The van der Waals surface area contributed by atoms with Crippen molar-refractivity contribution in [1.82, 2.24) is 0 Å². The van der Waals surface area contributed by atoms with E-state index >= 15 is 0 Å². The summed E-state index contributed by atoms with van der Waals surface area (Å²) in [6, 6.07) is 7.59. The summed E-state index contributed by atoms with van der Waals surface area (Å²) >= 11 is 0. The first-order valence-corrected chi connectivity index (χ1v) is 6.07. The molecule has 0 amide bonds. The minimum atomic E-state index is -1.30. The number of rotatable bonds is 3. The predicted octanol–water partition coefficient (Wildman–Crippen LogP) is 2.99. The van der Waals surface area contributed by atoms with Gasteiger partial charge in [-0.15, -0.1) is 0 Å². The Labute approximate surface area is 122 Å². The number of carbonyl (C=O) groups is 2. The molecular weight excluding hydrogens is 274 g/mol.